The van der Waals surface area contributed by atoms with Crippen molar-refractivity contribution in [1.29, 1.82) is 0 Å². The van der Waals surface area contributed by atoms with Crippen LogP contribution >= 0.6 is 23.2 Å². The molecule has 1 saturated heterocycles. The molecule has 172 valence electrons. The quantitative estimate of drug-likeness (QED) is 0.377. The topological polar surface area (TPSA) is 58.7 Å². The molecule has 1 amide bonds. The van der Waals surface area contributed by atoms with Gasteiger partial charge in [0.2, 0.25) is 0 Å². The molecule has 1 unspecified atom stereocenters. The van der Waals surface area contributed by atoms with Crippen LogP contribution in [0.15, 0.2) is 73.7 Å². The van der Waals surface area contributed by atoms with Crippen LogP contribution in [0.4, 0.5) is 4.39 Å². The van der Waals surface area contributed by atoms with Crippen molar-refractivity contribution in [2.75, 3.05) is 13.1 Å². The third-order valence-corrected chi connectivity index (χ3v) is 6.58. The van der Waals surface area contributed by atoms with Crippen LogP contribution in [0.3, 0.4) is 0 Å². The van der Waals surface area contributed by atoms with Gasteiger partial charge >= 0.3 is 0 Å². The Bertz CT molecular complexity index is 979. The SMILES string of the molecule is CC(=CC1=CC=C(F)CC1)C(=NC1CC=C(Cl)C=C1Cl)C(C)=C(N)C(=O)N1CCCCC1. The van der Waals surface area contributed by atoms with E-state index in [1.54, 1.807) is 12.2 Å². The molecule has 0 bridgehead atoms. The van der Waals surface area contributed by atoms with Crippen molar-refractivity contribution in [2.24, 2.45) is 10.7 Å². The van der Waals surface area contributed by atoms with Crippen LogP contribution in [0.1, 0.15) is 52.4 Å². The lowest BCUT2D eigenvalue weighted by molar-refractivity contribution is -0.128. The number of hydrogen-bond acceptors (Lipinski definition) is 3. The van der Waals surface area contributed by atoms with Gasteiger partial charge in [0.25, 0.3) is 5.91 Å². The van der Waals surface area contributed by atoms with E-state index in [1.165, 1.54) is 6.08 Å². The molecule has 4 nitrogen and oxygen atoms in total. The second-order valence-electron chi connectivity index (χ2n) is 8.42. The summed E-state index contributed by atoms with van der Waals surface area (Å²) in [4.78, 5) is 19.7. The summed E-state index contributed by atoms with van der Waals surface area (Å²) in [5, 5.41) is 1.13. The van der Waals surface area contributed by atoms with Crippen molar-refractivity contribution < 1.29 is 9.18 Å². The Balaban J connectivity index is 1.98. The summed E-state index contributed by atoms with van der Waals surface area (Å²) in [6.45, 7) is 5.20. The number of likely N-dealkylation sites (tertiary alicyclic amines) is 1. The first-order chi connectivity index (χ1) is 15.3. The minimum Gasteiger partial charge on any atom is -0.394 e. The number of halogens is 3. The smallest absolute Gasteiger partial charge is 0.270 e. The number of amides is 1. The summed E-state index contributed by atoms with van der Waals surface area (Å²) >= 11 is 12.5. The van der Waals surface area contributed by atoms with Gasteiger partial charge in [0.15, 0.2) is 0 Å². The molecule has 3 rings (SSSR count). The predicted octanol–water partition coefficient (Wildman–Crippen LogP) is 6.21. The van der Waals surface area contributed by atoms with Crippen LogP contribution in [0.5, 0.6) is 0 Å². The standard InChI is InChI=1S/C25H30Cl2FN3O/c1-16(14-18-6-9-20(28)10-7-18)24(30-22-11-8-19(26)15-21(22)27)17(2)23(29)25(32)31-12-4-3-5-13-31/h6,8-9,14-15,22H,3-5,7,10-13,29H2,1-2H3. The van der Waals surface area contributed by atoms with Gasteiger partial charge in [-0.2, -0.15) is 0 Å². The second-order valence-corrected chi connectivity index (χ2v) is 9.29. The maximum absolute atomic E-state index is 13.4. The minimum atomic E-state index is -0.303. The zero-order chi connectivity index (χ0) is 23.3. The second kappa shape index (κ2) is 11.2. The fraction of sp³-hybridized carbons (Fsp3) is 0.440. The third-order valence-electron chi connectivity index (χ3n) is 5.95. The number of allylic oxidation sites excluding steroid dienone is 9. The van der Waals surface area contributed by atoms with Gasteiger partial charge in [-0.3, -0.25) is 9.79 Å². The largest absolute Gasteiger partial charge is 0.394 e. The average molecular weight is 478 g/mol. The van der Waals surface area contributed by atoms with E-state index in [-0.39, 0.29) is 23.5 Å². The van der Waals surface area contributed by atoms with E-state index in [9.17, 15) is 9.18 Å². The highest BCUT2D eigenvalue weighted by Gasteiger charge is 2.24. The zero-order valence-corrected chi connectivity index (χ0v) is 20.1. The van der Waals surface area contributed by atoms with Crippen molar-refractivity contribution in [3.05, 3.63) is 68.7 Å². The number of nitrogens with zero attached hydrogens (tertiary/aromatic N) is 2. The number of aliphatic imine (C=N–C) groups is 1. The molecule has 0 aromatic carbocycles. The van der Waals surface area contributed by atoms with Gasteiger partial charge in [0, 0.05) is 35.1 Å². The highest BCUT2D eigenvalue weighted by Crippen LogP contribution is 2.28. The maximum atomic E-state index is 13.4. The van der Waals surface area contributed by atoms with Gasteiger partial charge in [0.05, 0.1) is 11.8 Å². The van der Waals surface area contributed by atoms with Crippen LogP contribution in [-0.4, -0.2) is 35.7 Å². The summed E-state index contributed by atoms with van der Waals surface area (Å²) in [6.07, 6.45) is 13.5. The molecule has 1 fully saturated rings. The third kappa shape index (κ3) is 6.23. The summed E-state index contributed by atoms with van der Waals surface area (Å²) < 4.78 is 13.4. The fourth-order valence-corrected chi connectivity index (χ4v) is 4.56. The van der Waals surface area contributed by atoms with Crippen molar-refractivity contribution in [1.82, 2.24) is 4.90 Å². The molecule has 0 saturated carbocycles. The zero-order valence-electron chi connectivity index (χ0n) is 18.6. The highest BCUT2D eigenvalue weighted by molar-refractivity contribution is 6.35. The van der Waals surface area contributed by atoms with E-state index in [0.29, 0.717) is 40.6 Å². The molecule has 0 aromatic heterocycles. The maximum Gasteiger partial charge on any atom is 0.270 e. The Hall–Kier alpha value is -2.11. The van der Waals surface area contributed by atoms with Crippen LogP contribution < -0.4 is 5.73 Å². The Labute approximate surface area is 199 Å². The molecule has 3 aliphatic rings. The van der Waals surface area contributed by atoms with E-state index in [2.05, 4.69) is 0 Å². The fourth-order valence-electron chi connectivity index (χ4n) is 4.04. The Morgan fingerprint density at radius 3 is 2.53 bits per heavy atom. The normalized spacial score (nSPS) is 23.7. The number of hydrogen-bond donors (Lipinski definition) is 1. The lowest BCUT2D eigenvalue weighted by Gasteiger charge is -2.27. The molecule has 1 heterocycles. The van der Waals surface area contributed by atoms with E-state index < -0.39 is 0 Å². The van der Waals surface area contributed by atoms with Crippen molar-refractivity contribution in [2.45, 2.75) is 58.4 Å². The first-order valence-corrected chi connectivity index (χ1v) is 11.8. The molecule has 7 heteroatoms. The first kappa shape index (κ1) is 24.5. The Morgan fingerprint density at radius 2 is 1.91 bits per heavy atom. The Kier molecular flexibility index (Phi) is 8.55. The van der Waals surface area contributed by atoms with Crippen molar-refractivity contribution in [3.8, 4) is 0 Å². The molecule has 2 aliphatic carbocycles. The number of rotatable bonds is 5. The number of carbonyl (C=O) groups excluding carboxylic acids is 1. The first-order valence-electron chi connectivity index (χ1n) is 11.1. The lowest BCUT2D eigenvalue weighted by Crippen LogP contribution is -2.39. The number of carbonyl (C=O) groups is 1. The van der Waals surface area contributed by atoms with Crippen molar-refractivity contribution in [3.63, 3.8) is 0 Å². The van der Waals surface area contributed by atoms with Gasteiger partial charge in [-0.25, -0.2) is 4.39 Å². The van der Waals surface area contributed by atoms with Gasteiger partial charge in [-0.1, -0.05) is 41.4 Å². The molecule has 32 heavy (non-hydrogen) atoms. The highest BCUT2D eigenvalue weighted by atomic mass is 35.5. The van der Waals surface area contributed by atoms with E-state index in [4.69, 9.17) is 33.9 Å². The van der Waals surface area contributed by atoms with Gasteiger partial charge in [0.1, 0.15) is 11.5 Å². The summed E-state index contributed by atoms with van der Waals surface area (Å²) in [6, 6.07) is -0.303. The summed E-state index contributed by atoms with van der Waals surface area (Å²) in [5.41, 5.74) is 9.67. The van der Waals surface area contributed by atoms with E-state index >= 15 is 0 Å². The minimum absolute atomic E-state index is 0.121. The molecule has 1 aliphatic heterocycles. The molecule has 0 aromatic rings. The van der Waals surface area contributed by atoms with Gasteiger partial charge < -0.3 is 10.6 Å². The van der Waals surface area contributed by atoms with Crippen LogP contribution in [0, 0.1) is 0 Å². The van der Waals surface area contributed by atoms with Crippen LogP contribution in [-0.2, 0) is 4.79 Å². The predicted molar refractivity (Wildman–Crippen MR) is 131 cm³/mol. The van der Waals surface area contributed by atoms with Crippen molar-refractivity contribution >= 4 is 34.8 Å². The molecule has 0 radical (unpaired) electrons. The van der Waals surface area contributed by atoms with Crippen LogP contribution in [0.2, 0.25) is 0 Å². The molecular weight excluding hydrogens is 448 g/mol. The van der Waals surface area contributed by atoms with Crippen LogP contribution in [0.25, 0.3) is 0 Å². The number of piperidine rings is 1. The number of nitrogens with two attached hydrogens (primary N) is 1. The Morgan fingerprint density at radius 1 is 1.19 bits per heavy atom. The lowest BCUT2D eigenvalue weighted by atomic mass is 9.96. The van der Waals surface area contributed by atoms with E-state index in [1.807, 2.05) is 30.9 Å². The van der Waals surface area contributed by atoms with Gasteiger partial charge in [-0.05, 0) is 69.2 Å². The molecular formula is C25H30Cl2FN3O. The molecule has 1 atom stereocenters. The van der Waals surface area contributed by atoms with Gasteiger partial charge in [-0.15, -0.1) is 0 Å². The summed E-state index contributed by atoms with van der Waals surface area (Å²) in [5.74, 6) is -0.276. The van der Waals surface area contributed by atoms with E-state index in [0.717, 1.165) is 43.5 Å². The summed E-state index contributed by atoms with van der Waals surface area (Å²) in [7, 11) is 0. The molecule has 2 N–H and O–H groups in total. The monoisotopic (exact) mass is 477 g/mol. The molecule has 0 spiro atoms. The average Bonchev–Trinajstić information content (AvgIpc) is 2.79.